The lowest BCUT2D eigenvalue weighted by atomic mass is 10.0. The number of carbonyl (C=O) groups excluding carboxylic acids is 6. The molecule has 6 amide bonds. The Morgan fingerprint density at radius 2 is 1.72 bits per heavy atom. The van der Waals surface area contributed by atoms with Gasteiger partial charge in [0.1, 0.15) is 23.2 Å². The molecule has 1 atom stereocenters. The number of fused-ring (bicyclic) bond motifs is 2. The lowest BCUT2D eigenvalue weighted by Gasteiger charge is -2.36. The maximum atomic E-state index is 13.4. The van der Waals surface area contributed by atoms with E-state index >= 15 is 0 Å². The van der Waals surface area contributed by atoms with Crippen LogP contribution in [0, 0.1) is 0 Å². The minimum absolute atomic E-state index is 0.0281. The molecule has 17 heteroatoms. The van der Waals surface area contributed by atoms with Crippen LogP contribution in [0.15, 0.2) is 48.8 Å². The van der Waals surface area contributed by atoms with E-state index < -0.39 is 29.7 Å². The number of nitrogens with zero attached hydrogens (tertiary/aromatic N) is 8. The monoisotopic (exact) mass is 775 g/mol. The largest absolute Gasteiger partial charge is 0.368 e. The highest BCUT2D eigenvalue weighted by Crippen LogP contribution is 2.35. The molecule has 1 aliphatic carbocycles. The summed E-state index contributed by atoms with van der Waals surface area (Å²) in [6, 6.07) is 9.62. The molecule has 17 nitrogen and oxygen atoms in total. The van der Waals surface area contributed by atoms with Crippen molar-refractivity contribution in [3.63, 3.8) is 0 Å². The molecule has 2 saturated heterocycles. The highest BCUT2D eigenvalue weighted by molar-refractivity contribution is 6.26. The van der Waals surface area contributed by atoms with Gasteiger partial charge < -0.3 is 25.0 Å². The normalized spacial score (nSPS) is 18.9. The molecule has 4 aliphatic rings. The van der Waals surface area contributed by atoms with Crippen molar-refractivity contribution in [3.8, 4) is 0 Å². The van der Waals surface area contributed by atoms with Crippen LogP contribution in [0.4, 0.5) is 23.1 Å². The van der Waals surface area contributed by atoms with Gasteiger partial charge in [0, 0.05) is 70.7 Å². The molecule has 0 spiro atoms. The highest BCUT2D eigenvalue weighted by Gasteiger charge is 2.45. The standard InChI is InChI=1S/C40H45N11O6/c1-47(2)38(56)30-21-24-22-42-40(46-35(24)50(30)25-7-3-4-8-25)44-31-14-12-26(23-41-31)49-19-17-48(18-20-49)16-6-11-32(52)43-28-10-5-9-27-34(28)39(57)51(37(27)55)29-13-15-33(53)45-36(29)54/h5,9-10,12,14,21-23,25,29H,3-4,6-8,11,13,15-20H2,1-2H3,(H,43,52)(H,45,53,54)(H,41,42,44,46). The average molecular weight is 776 g/mol. The molecule has 0 radical (unpaired) electrons. The van der Waals surface area contributed by atoms with Crippen LogP contribution >= 0.6 is 0 Å². The first-order valence-corrected chi connectivity index (χ1v) is 19.5. The first-order chi connectivity index (χ1) is 27.5. The summed E-state index contributed by atoms with van der Waals surface area (Å²) >= 11 is 0. The Balaban J connectivity index is 0.818. The van der Waals surface area contributed by atoms with Gasteiger partial charge in [-0.15, -0.1) is 0 Å². The van der Waals surface area contributed by atoms with E-state index in [2.05, 4.69) is 40.3 Å². The van der Waals surface area contributed by atoms with E-state index in [1.165, 1.54) is 6.07 Å². The van der Waals surface area contributed by atoms with Crippen LogP contribution in [0.2, 0.25) is 0 Å². The van der Waals surface area contributed by atoms with Gasteiger partial charge in [0.25, 0.3) is 17.7 Å². The van der Waals surface area contributed by atoms with E-state index in [0.29, 0.717) is 23.9 Å². The van der Waals surface area contributed by atoms with Gasteiger partial charge in [-0.25, -0.2) is 9.97 Å². The van der Waals surface area contributed by atoms with E-state index in [-0.39, 0.29) is 53.9 Å². The summed E-state index contributed by atoms with van der Waals surface area (Å²) < 4.78 is 2.09. The van der Waals surface area contributed by atoms with E-state index in [0.717, 1.165) is 80.0 Å². The number of nitrogens with one attached hydrogen (secondary N) is 3. The second kappa shape index (κ2) is 15.7. The molecular formula is C40H45N11O6. The number of anilines is 4. The number of hydrogen-bond donors (Lipinski definition) is 3. The number of aromatic nitrogens is 4. The van der Waals surface area contributed by atoms with Crippen molar-refractivity contribution in [3.05, 3.63) is 65.6 Å². The van der Waals surface area contributed by atoms with Gasteiger partial charge in [0.05, 0.1) is 28.7 Å². The van der Waals surface area contributed by atoms with Gasteiger partial charge in [-0.3, -0.25) is 43.9 Å². The third-order valence-electron chi connectivity index (χ3n) is 11.2. The molecule has 1 aromatic carbocycles. The van der Waals surface area contributed by atoms with Crippen molar-refractivity contribution in [2.45, 2.75) is 63.5 Å². The van der Waals surface area contributed by atoms with Gasteiger partial charge in [0.2, 0.25) is 23.7 Å². The van der Waals surface area contributed by atoms with Crippen molar-refractivity contribution < 1.29 is 28.8 Å². The van der Waals surface area contributed by atoms with Crippen molar-refractivity contribution in [2.24, 2.45) is 0 Å². The molecule has 4 aromatic rings. The zero-order chi connectivity index (χ0) is 39.8. The molecule has 1 unspecified atom stereocenters. The van der Waals surface area contributed by atoms with Crippen molar-refractivity contribution >= 4 is 69.6 Å². The Kier molecular flexibility index (Phi) is 10.4. The SMILES string of the molecule is CN(C)C(=O)c1cc2cnc(Nc3ccc(N4CCN(CCCC(=O)Nc5cccc6c5C(=O)N(C5CCC(=O)NC5=O)C6=O)CC4)cn3)nc2n1C1CCCC1. The van der Waals surface area contributed by atoms with Gasteiger partial charge >= 0.3 is 0 Å². The van der Waals surface area contributed by atoms with Gasteiger partial charge in [0.15, 0.2) is 0 Å². The summed E-state index contributed by atoms with van der Waals surface area (Å²) in [4.78, 5) is 97.6. The highest BCUT2D eigenvalue weighted by atomic mass is 16.2. The molecule has 3 aliphatic heterocycles. The van der Waals surface area contributed by atoms with Crippen LogP contribution in [0.5, 0.6) is 0 Å². The van der Waals surface area contributed by atoms with Crippen LogP contribution in [0.25, 0.3) is 11.0 Å². The van der Waals surface area contributed by atoms with Crippen LogP contribution < -0.4 is 20.9 Å². The number of imide groups is 2. The minimum Gasteiger partial charge on any atom is -0.368 e. The molecule has 8 rings (SSSR count). The Labute approximate surface area is 328 Å². The van der Waals surface area contributed by atoms with Gasteiger partial charge in [-0.1, -0.05) is 18.9 Å². The Bertz CT molecular complexity index is 2260. The predicted octanol–water partition coefficient (Wildman–Crippen LogP) is 3.33. The summed E-state index contributed by atoms with van der Waals surface area (Å²) in [7, 11) is 3.52. The zero-order valence-corrected chi connectivity index (χ0v) is 32.0. The Hall–Kier alpha value is -6.23. The van der Waals surface area contributed by atoms with Gasteiger partial charge in [-0.05, 0) is 62.6 Å². The molecule has 57 heavy (non-hydrogen) atoms. The zero-order valence-electron chi connectivity index (χ0n) is 32.0. The second-order valence-electron chi connectivity index (χ2n) is 15.2. The van der Waals surface area contributed by atoms with Crippen LogP contribution in [-0.4, -0.2) is 123 Å². The van der Waals surface area contributed by atoms with Crippen molar-refractivity contribution in [1.29, 1.82) is 0 Å². The van der Waals surface area contributed by atoms with E-state index in [4.69, 9.17) is 4.98 Å². The first-order valence-electron chi connectivity index (χ1n) is 19.5. The predicted molar refractivity (Wildman–Crippen MR) is 210 cm³/mol. The third kappa shape index (κ3) is 7.54. The molecule has 296 valence electrons. The average Bonchev–Trinajstić information content (AvgIpc) is 3.92. The Morgan fingerprint density at radius 3 is 2.44 bits per heavy atom. The molecule has 1 saturated carbocycles. The summed E-state index contributed by atoms with van der Waals surface area (Å²) in [6.07, 6.45) is 8.78. The number of amides is 6. The fourth-order valence-corrected chi connectivity index (χ4v) is 8.28. The smallest absolute Gasteiger partial charge is 0.270 e. The lowest BCUT2D eigenvalue weighted by Crippen LogP contribution is -2.54. The fourth-order valence-electron chi connectivity index (χ4n) is 8.28. The van der Waals surface area contributed by atoms with Crippen LogP contribution in [0.1, 0.15) is 88.6 Å². The number of piperazine rings is 1. The van der Waals surface area contributed by atoms with E-state index in [1.54, 1.807) is 37.3 Å². The second-order valence-corrected chi connectivity index (χ2v) is 15.2. The lowest BCUT2D eigenvalue weighted by molar-refractivity contribution is -0.136. The quantitative estimate of drug-likeness (QED) is 0.189. The molecular weight excluding hydrogens is 731 g/mol. The van der Waals surface area contributed by atoms with Crippen molar-refractivity contribution in [2.75, 3.05) is 62.4 Å². The minimum atomic E-state index is -1.08. The maximum Gasteiger partial charge on any atom is 0.270 e. The summed E-state index contributed by atoms with van der Waals surface area (Å²) in [6.45, 7) is 3.93. The number of rotatable bonds is 11. The maximum absolute atomic E-state index is 13.4. The summed E-state index contributed by atoms with van der Waals surface area (Å²) in [5.41, 5.74) is 2.78. The Morgan fingerprint density at radius 1 is 0.930 bits per heavy atom. The summed E-state index contributed by atoms with van der Waals surface area (Å²) in [5, 5.41) is 9.05. The number of benzene rings is 1. The molecule has 3 N–H and O–H groups in total. The molecule has 0 bridgehead atoms. The molecule has 6 heterocycles. The summed E-state index contributed by atoms with van der Waals surface area (Å²) in [5.74, 6) is -1.71. The number of pyridine rings is 1. The van der Waals surface area contributed by atoms with Gasteiger partial charge in [-0.2, -0.15) is 4.98 Å². The van der Waals surface area contributed by atoms with E-state index in [9.17, 15) is 28.8 Å². The molecule has 3 aromatic heterocycles. The van der Waals surface area contributed by atoms with Crippen LogP contribution in [-0.2, 0) is 14.4 Å². The third-order valence-corrected chi connectivity index (χ3v) is 11.2. The topological polar surface area (TPSA) is 195 Å². The number of carbonyl (C=O) groups is 6. The van der Waals surface area contributed by atoms with Crippen LogP contribution in [0.3, 0.4) is 0 Å². The fraction of sp³-hybridized carbons (Fsp3) is 0.425. The van der Waals surface area contributed by atoms with Crippen molar-refractivity contribution in [1.82, 2.24) is 39.5 Å². The number of hydrogen-bond acceptors (Lipinski definition) is 12. The first kappa shape index (κ1) is 37.7. The van der Waals surface area contributed by atoms with E-state index in [1.807, 2.05) is 24.4 Å². The molecule has 3 fully saturated rings. The number of piperidine rings is 1.